The van der Waals surface area contributed by atoms with Crippen molar-refractivity contribution in [1.82, 2.24) is 4.98 Å². The van der Waals surface area contributed by atoms with Crippen LogP contribution in [0.25, 0.3) is 10.2 Å². The lowest BCUT2D eigenvalue weighted by Crippen LogP contribution is -2.22. The van der Waals surface area contributed by atoms with Gasteiger partial charge in [0.1, 0.15) is 5.75 Å². The summed E-state index contributed by atoms with van der Waals surface area (Å²) in [7, 11) is -3.76. The minimum absolute atomic E-state index is 0.0407. The number of carbonyl (C=O) groups excluding carboxylic acids is 1. The van der Waals surface area contributed by atoms with E-state index in [-0.39, 0.29) is 4.90 Å². The third-order valence-electron chi connectivity index (χ3n) is 3.49. The number of aromatic nitrogens is 1. The molecule has 0 atom stereocenters. The van der Waals surface area contributed by atoms with Gasteiger partial charge in [0.05, 0.1) is 15.1 Å². The van der Waals surface area contributed by atoms with E-state index in [1.54, 1.807) is 6.07 Å². The van der Waals surface area contributed by atoms with Crippen LogP contribution in [0.4, 0.5) is 5.13 Å². The zero-order valence-electron chi connectivity index (χ0n) is 12.9. The van der Waals surface area contributed by atoms with Gasteiger partial charge in [-0.3, -0.25) is 4.79 Å². The number of fused-ring (bicyclic) bond motifs is 1. The zero-order chi connectivity index (χ0) is 18.2. The molecule has 9 heteroatoms. The summed E-state index contributed by atoms with van der Waals surface area (Å²) in [6.45, 7) is 1.83. The van der Waals surface area contributed by atoms with Crippen LogP contribution >= 0.6 is 34.5 Å². The number of rotatable bonds is 4. The van der Waals surface area contributed by atoms with E-state index >= 15 is 0 Å². The highest BCUT2D eigenvalue weighted by Gasteiger charge is 2.20. The van der Waals surface area contributed by atoms with Crippen LogP contribution in [0.2, 0.25) is 10.0 Å². The van der Waals surface area contributed by atoms with Crippen LogP contribution in [-0.4, -0.2) is 25.1 Å². The Morgan fingerprint density at radius 1 is 1.16 bits per heavy atom. The van der Waals surface area contributed by atoms with E-state index in [4.69, 9.17) is 23.2 Å². The molecule has 3 aromatic rings. The lowest BCUT2D eigenvalue weighted by molar-refractivity contribution is -0.113. The molecule has 0 aliphatic carbocycles. The van der Waals surface area contributed by atoms with E-state index in [1.165, 1.54) is 35.6 Å². The topological polar surface area (TPSA) is 76.1 Å². The van der Waals surface area contributed by atoms with Crippen molar-refractivity contribution >= 4 is 65.6 Å². The van der Waals surface area contributed by atoms with Gasteiger partial charge in [-0.1, -0.05) is 34.5 Å². The average molecular weight is 415 g/mol. The summed E-state index contributed by atoms with van der Waals surface area (Å²) in [6.07, 6.45) is 0. The van der Waals surface area contributed by atoms with E-state index in [0.717, 1.165) is 10.3 Å². The maximum absolute atomic E-state index is 12.3. The third kappa shape index (κ3) is 3.95. The van der Waals surface area contributed by atoms with Crippen molar-refractivity contribution in [3.63, 3.8) is 0 Å². The predicted octanol–water partition coefficient (Wildman–Crippen LogP) is 4.32. The summed E-state index contributed by atoms with van der Waals surface area (Å²) >= 11 is 13.1. The largest absolute Gasteiger partial charge is 0.301 e. The third-order valence-corrected chi connectivity index (χ3v) is 6.72. The van der Waals surface area contributed by atoms with Crippen molar-refractivity contribution in [2.45, 2.75) is 11.8 Å². The summed E-state index contributed by atoms with van der Waals surface area (Å²) in [5.41, 5.74) is 1.50. The first-order chi connectivity index (χ1) is 11.8. The van der Waals surface area contributed by atoms with Gasteiger partial charge in [-0.2, -0.15) is 0 Å². The van der Waals surface area contributed by atoms with E-state index in [1.807, 2.05) is 13.0 Å². The molecule has 1 aromatic heterocycles. The van der Waals surface area contributed by atoms with Crippen molar-refractivity contribution in [2.24, 2.45) is 0 Å². The summed E-state index contributed by atoms with van der Waals surface area (Å²) < 4.78 is 25.4. The molecule has 1 amide bonds. The highest BCUT2D eigenvalue weighted by atomic mass is 35.5. The monoisotopic (exact) mass is 414 g/mol. The molecule has 25 heavy (non-hydrogen) atoms. The number of amides is 1. The van der Waals surface area contributed by atoms with Crippen LogP contribution in [0.3, 0.4) is 0 Å². The van der Waals surface area contributed by atoms with Crippen LogP contribution in [0.15, 0.2) is 41.3 Å². The van der Waals surface area contributed by atoms with Gasteiger partial charge in [0, 0.05) is 10.0 Å². The van der Waals surface area contributed by atoms with Gasteiger partial charge in [0.15, 0.2) is 15.0 Å². The number of aryl methyl sites for hydroxylation is 1. The molecule has 0 aliphatic heterocycles. The number of nitrogens with one attached hydrogen (secondary N) is 1. The quantitative estimate of drug-likeness (QED) is 0.689. The van der Waals surface area contributed by atoms with E-state index in [2.05, 4.69) is 10.3 Å². The highest BCUT2D eigenvalue weighted by Crippen LogP contribution is 2.31. The number of benzene rings is 2. The van der Waals surface area contributed by atoms with Crippen molar-refractivity contribution < 1.29 is 13.2 Å². The van der Waals surface area contributed by atoms with Crippen molar-refractivity contribution in [3.05, 3.63) is 52.0 Å². The van der Waals surface area contributed by atoms with Crippen molar-refractivity contribution in [1.29, 1.82) is 0 Å². The zero-order valence-corrected chi connectivity index (χ0v) is 16.1. The summed E-state index contributed by atoms with van der Waals surface area (Å²) in [4.78, 5) is 16.5. The lowest BCUT2D eigenvalue weighted by atomic mass is 10.2. The van der Waals surface area contributed by atoms with Gasteiger partial charge in [-0.05, 0) is 48.9 Å². The van der Waals surface area contributed by atoms with Gasteiger partial charge in [0.2, 0.25) is 5.91 Å². The first-order valence-electron chi connectivity index (χ1n) is 7.10. The minimum Gasteiger partial charge on any atom is -0.301 e. The standard InChI is InChI=1S/C16H12Cl2N2O3S2/c1-9-12(18)6-7-13-15(9)20-16(24-13)19-14(21)8-25(22,23)11-4-2-10(17)3-5-11/h2-7H,8H2,1H3,(H,19,20,21). The molecule has 0 saturated carbocycles. The maximum Gasteiger partial charge on any atom is 0.241 e. The number of anilines is 1. The Hall–Kier alpha value is -1.67. The second kappa shape index (κ2) is 6.92. The first-order valence-corrected chi connectivity index (χ1v) is 10.3. The fourth-order valence-corrected chi connectivity index (χ4v) is 4.56. The van der Waals surface area contributed by atoms with Gasteiger partial charge >= 0.3 is 0 Å². The van der Waals surface area contributed by atoms with Crippen LogP contribution < -0.4 is 5.32 Å². The van der Waals surface area contributed by atoms with Crippen LogP contribution in [-0.2, 0) is 14.6 Å². The fourth-order valence-electron chi connectivity index (χ4n) is 2.21. The highest BCUT2D eigenvalue weighted by molar-refractivity contribution is 7.92. The Labute approximate surface area is 158 Å². The molecule has 1 N–H and O–H groups in total. The predicted molar refractivity (Wildman–Crippen MR) is 102 cm³/mol. The Kier molecular flexibility index (Phi) is 5.02. The molecular formula is C16H12Cl2N2O3S2. The van der Waals surface area contributed by atoms with Gasteiger partial charge in [-0.15, -0.1) is 0 Å². The summed E-state index contributed by atoms with van der Waals surface area (Å²) in [5.74, 6) is -1.33. The number of hydrogen-bond acceptors (Lipinski definition) is 5. The molecule has 0 unspecified atom stereocenters. The number of hydrogen-bond donors (Lipinski definition) is 1. The van der Waals surface area contributed by atoms with Crippen LogP contribution in [0, 0.1) is 6.92 Å². The van der Waals surface area contributed by atoms with Crippen LogP contribution in [0.1, 0.15) is 5.56 Å². The Bertz CT molecular complexity index is 1060. The fraction of sp³-hybridized carbons (Fsp3) is 0.125. The van der Waals surface area contributed by atoms with Gasteiger partial charge in [-0.25, -0.2) is 13.4 Å². The SMILES string of the molecule is Cc1c(Cl)ccc2sc(NC(=O)CS(=O)(=O)c3ccc(Cl)cc3)nc12. The average Bonchev–Trinajstić information content (AvgIpc) is 2.94. The van der Waals surface area contributed by atoms with E-state index < -0.39 is 21.5 Å². The van der Waals surface area contributed by atoms with Crippen molar-refractivity contribution in [2.75, 3.05) is 11.1 Å². The normalized spacial score (nSPS) is 11.6. The molecule has 3 rings (SSSR count). The number of sulfone groups is 1. The molecule has 0 fully saturated rings. The summed E-state index contributed by atoms with van der Waals surface area (Å²) in [6, 6.07) is 9.23. The Morgan fingerprint density at radius 3 is 2.52 bits per heavy atom. The van der Waals surface area contributed by atoms with E-state index in [9.17, 15) is 13.2 Å². The molecule has 0 aliphatic rings. The van der Waals surface area contributed by atoms with Gasteiger partial charge in [0.25, 0.3) is 0 Å². The molecule has 0 radical (unpaired) electrons. The molecule has 130 valence electrons. The molecule has 1 heterocycles. The minimum atomic E-state index is -3.76. The smallest absolute Gasteiger partial charge is 0.241 e. The maximum atomic E-state index is 12.3. The molecule has 2 aromatic carbocycles. The number of thiazole rings is 1. The molecule has 0 bridgehead atoms. The lowest BCUT2D eigenvalue weighted by Gasteiger charge is -2.04. The van der Waals surface area contributed by atoms with Crippen LogP contribution in [0.5, 0.6) is 0 Å². The number of halogens is 2. The Morgan fingerprint density at radius 2 is 1.84 bits per heavy atom. The van der Waals surface area contributed by atoms with E-state index in [0.29, 0.717) is 20.7 Å². The second-order valence-corrected chi connectivity index (χ2v) is 9.16. The molecule has 0 spiro atoms. The second-order valence-electron chi connectivity index (χ2n) is 5.30. The number of nitrogens with zero attached hydrogens (tertiary/aromatic N) is 1. The summed E-state index contributed by atoms with van der Waals surface area (Å²) in [5, 5.41) is 3.87. The molecule has 0 saturated heterocycles. The molecule has 5 nitrogen and oxygen atoms in total. The number of carbonyl (C=O) groups is 1. The van der Waals surface area contributed by atoms with Gasteiger partial charge < -0.3 is 5.32 Å². The Balaban J connectivity index is 1.78. The van der Waals surface area contributed by atoms with Crippen molar-refractivity contribution in [3.8, 4) is 0 Å². The molecular weight excluding hydrogens is 403 g/mol. The first kappa shape index (κ1) is 18.1.